The summed E-state index contributed by atoms with van der Waals surface area (Å²) in [5.74, 6) is 0.558. The van der Waals surface area contributed by atoms with E-state index in [1.54, 1.807) is 41.6 Å². The zero-order chi connectivity index (χ0) is 16.1. The molecule has 23 heavy (non-hydrogen) atoms. The molecule has 2 N–H and O–H groups in total. The van der Waals surface area contributed by atoms with Gasteiger partial charge in [-0.15, -0.1) is 11.3 Å². The topological polar surface area (TPSA) is 84.7 Å². The molecule has 1 amide bonds. The van der Waals surface area contributed by atoms with E-state index in [0.717, 1.165) is 17.2 Å². The molecule has 0 aromatic carbocycles. The maximum atomic E-state index is 12.3. The van der Waals surface area contributed by atoms with E-state index in [1.807, 2.05) is 12.3 Å². The van der Waals surface area contributed by atoms with Gasteiger partial charge in [-0.25, -0.2) is 9.97 Å². The van der Waals surface area contributed by atoms with E-state index in [-0.39, 0.29) is 12.5 Å². The van der Waals surface area contributed by atoms with Crippen LogP contribution in [0.15, 0.2) is 42.4 Å². The monoisotopic (exact) mass is 328 g/mol. The number of imidazole rings is 1. The molecule has 7 nitrogen and oxygen atoms in total. The first-order valence-corrected chi connectivity index (χ1v) is 8.04. The summed E-state index contributed by atoms with van der Waals surface area (Å²) in [6.45, 7) is 2.91. The first-order chi connectivity index (χ1) is 11.3. The molecular weight excluding hydrogens is 312 g/mol. The first kappa shape index (κ1) is 15.2. The Balaban J connectivity index is 1.73. The average molecular weight is 328 g/mol. The van der Waals surface area contributed by atoms with Crippen LogP contribution < -0.4 is 10.6 Å². The lowest BCUT2D eigenvalue weighted by atomic mass is 10.3. The first-order valence-electron chi connectivity index (χ1n) is 7.16. The van der Waals surface area contributed by atoms with Crippen LogP contribution in [0.4, 0.5) is 11.4 Å². The van der Waals surface area contributed by atoms with E-state index in [0.29, 0.717) is 11.5 Å². The molecule has 0 saturated carbocycles. The van der Waals surface area contributed by atoms with Crippen LogP contribution in [0.25, 0.3) is 10.8 Å². The number of pyridine rings is 1. The zero-order valence-corrected chi connectivity index (χ0v) is 13.4. The molecule has 0 aliphatic carbocycles. The summed E-state index contributed by atoms with van der Waals surface area (Å²) in [7, 11) is 0. The Hall–Kier alpha value is -2.74. The molecule has 0 unspecified atom stereocenters. The Morgan fingerprint density at radius 1 is 1.26 bits per heavy atom. The lowest BCUT2D eigenvalue weighted by molar-refractivity contribution is -0.116. The summed E-state index contributed by atoms with van der Waals surface area (Å²) in [6, 6.07) is 1.77. The minimum absolute atomic E-state index is 0.133. The van der Waals surface area contributed by atoms with Crippen molar-refractivity contribution >= 4 is 28.6 Å². The van der Waals surface area contributed by atoms with Crippen molar-refractivity contribution in [2.24, 2.45) is 0 Å². The third-order valence-corrected chi connectivity index (χ3v) is 3.88. The van der Waals surface area contributed by atoms with Crippen LogP contribution in [-0.2, 0) is 11.3 Å². The Labute approximate surface area is 137 Å². The number of thiazole rings is 1. The minimum Gasteiger partial charge on any atom is -0.382 e. The molecule has 118 valence electrons. The fourth-order valence-corrected chi connectivity index (χ4v) is 2.80. The third kappa shape index (κ3) is 3.54. The van der Waals surface area contributed by atoms with Crippen molar-refractivity contribution < 1.29 is 4.79 Å². The molecule has 3 heterocycles. The van der Waals surface area contributed by atoms with Gasteiger partial charge < -0.3 is 15.2 Å². The van der Waals surface area contributed by atoms with Crippen molar-refractivity contribution in [3.63, 3.8) is 0 Å². The van der Waals surface area contributed by atoms with Crippen molar-refractivity contribution in [2.75, 3.05) is 17.2 Å². The van der Waals surface area contributed by atoms with Crippen molar-refractivity contribution in [3.05, 3.63) is 42.4 Å². The molecule has 0 saturated heterocycles. The van der Waals surface area contributed by atoms with E-state index in [9.17, 15) is 4.79 Å². The molecule has 0 atom stereocenters. The fraction of sp³-hybridized carbons (Fsp3) is 0.200. The molecule has 0 radical (unpaired) electrons. The van der Waals surface area contributed by atoms with Gasteiger partial charge in [0, 0.05) is 36.7 Å². The van der Waals surface area contributed by atoms with E-state index in [4.69, 9.17) is 0 Å². The second kappa shape index (κ2) is 7.01. The van der Waals surface area contributed by atoms with Gasteiger partial charge in [0.05, 0.1) is 17.6 Å². The molecule has 3 rings (SSSR count). The molecule has 0 aliphatic rings. The molecule has 0 spiro atoms. The molecule has 0 aliphatic heterocycles. The van der Waals surface area contributed by atoms with Gasteiger partial charge in [-0.2, -0.15) is 0 Å². The SMILES string of the molecule is CCNc1cnccc1NC(=O)Cn1ccnc1-c1nccs1. The highest BCUT2D eigenvalue weighted by Crippen LogP contribution is 2.21. The van der Waals surface area contributed by atoms with Crippen molar-refractivity contribution in [1.82, 2.24) is 19.5 Å². The Bertz CT molecular complexity index is 783. The van der Waals surface area contributed by atoms with Gasteiger partial charge in [0.1, 0.15) is 6.54 Å². The van der Waals surface area contributed by atoms with Crippen LogP contribution in [0.5, 0.6) is 0 Å². The van der Waals surface area contributed by atoms with Gasteiger partial charge in [-0.1, -0.05) is 0 Å². The predicted octanol–water partition coefficient (Wildman–Crippen LogP) is 2.47. The Kier molecular flexibility index (Phi) is 4.62. The molecule has 8 heteroatoms. The summed E-state index contributed by atoms with van der Waals surface area (Å²) in [6.07, 6.45) is 8.50. The van der Waals surface area contributed by atoms with Gasteiger partial charge in [0.2, 0.25) is 5.91 Å². The van der Waals surface area contributed by atoms with E-state index in [1.165, 1.54) is 11.3 Å². The van der Waals surface area contributed by atoms with Crippen LogP contribution in [0.1, 0.15) is 6.92 Å². The summed E-state index contributed by atoms with van der Waals surface area (Å²) >= 11 is 1.49. The maximum Gasteiger partial charge on any atom is 0.244 e. The van der Waals surface area contributed by atoms with Gasteiger partial charge in [0.25, 0.3) is 0 Å². The van der Waals surface area contributed by atoms with E-state index < -0.39 is 0 Å². The number of hydrogen-bond donors (Lipinski definition) is 2. The number of anilines is 2. The van der Waals surface area contributed by atoms with Gasteiger partial charge in [-0.05, 0) is 13.0 Å². The molecule has 0 bridgehead atoms. The normalized spacial score (nSPS) is 10.5. The van der Waals surface area contributed by atoms with E-state index >= 15 is 0 Å². The second-order valence-electron chi connectivity index (χ2n) is 4.72. The number of rotatable bonds is 6. The van der Waals surface area contributed by atoms with Crippen LogP contribution in [0, 0.1) is 0 Å². The number of aromatic nitrogens is 4. The largest absolute Gasteiger partial charge is 0.382 e. The molecule has 0 fully saturated rings. The summed E-state index contributed by atoms with van der Waals surface area (Å²) < 4.78 is 1.78. The van der Waals surface area contributed by atoms with Crippen molar-refractivity contribution in [1.29, 1.82) is 0 Å². The zero-order valence-electron chi connectivity index (χ0n) is 12.6. The Morgan fingerprint density at radius 3 is 2.96 bits per heavy atom. The van der Waals surface area contributed by atoms with E-state index in [2.05, 4.69) is 25.6 Å². The van der Waals surface area contributed by atoms with Crippen molar-refractivity contribution in [2.45, 2.75) is 13.5 Å². The third-order valence-electron chi connectivity index (χ3n) is 3.12. The quantitative estimate of drug-likeness (QED) is 0.726. The fourth-order valence-electron chi connectivity index (χ4n) is 2.15. The highest BCUT2D eigenvalue weighted by atomic mass is 32.1. The summed E-state index contributed by atoms with van der Waals surface area (Å²) in [4.78, 5) is 24.9. The number of nitrogens with one attached hydrogen (secondary N) is 2. The number of carbonyl (C=O) groups is 1. The van der Waals surface area contributed by atoms with Crippen LogP contribution in [-0.4, -0.2) is 32.0 Å². The maximum absolute atomic E-state index is 12.3. The molecular formula is C15H16N6OS. The standard InChI is InChI=1S/C15H16N6OS/c1-2-17-12-9-16-4-3-11(12)20-13(22)10-21-7-5-18-14(21)15-19-6-8-23-15/h3-9,17H,2,10H2,1H3,(H,16,20,22). The highest BCUT2D eigenvalue weighted by Gasteiger charge is 2.12. The minimum atomic E-state index is -0.133. The van der Waals surface area contributed by atoms with Crippen molar-refractivity contribution in [3.8, 4) is 10.8 Å². The number of amides is 1. The second-order valence-corrected chi connectivity index (χ2v) is 5.61. The lowest BCUT2D eigenvalue weighted by Crippen LogP contribution is -2.19. The van der Waals surface area contributed by atoms with Crippen LogP contribution in [0.3, 0.4) is 0 Å². The summed E-state index contributed by atoms with van der Waals surface area (Å²) in [5, 5.41) is 8.74. The van der Waals surface area contributed by atoms with Gasteiger partial charge >= 0.3 is 0 Å². The van der Waals surface area contributed by atoms with Gasteiger partial charge in [0.15, 0.2) is 10.8 Å². The lowest BCUT2D eigenvalue weighted by Gasteiger charge is -2.12. The van der Waals surface area contributed by atoms with Gasteiger partial charge in [-0.3, -0.25) is 9.78 Å². The number of nitrogens with zero attached hydrogens (tertiary/aromatic N) is 4. The number of carbonyl (C=O) groups excluding carboxylic acids is 1. The van der Waals surface area contributed by atoms with Crippen LogP contribution in [0.2, 0.25) is 0 Å². The summed E-state index contributed by atoms with van der Waals surface area (Å²) in [5.41, 5.74) is 1.51. The average Bonchev–Trinajstić information content (AvgIpc) is 3.20. The smallest absolute Gasteiger partial charge is 0.244 e. The molecule has 3 aromatic heterocycles. The molecule has 3 aromatic rings. The predicted molar refractivity (Wildman–Crippen MR) is 90.4 cm³/mol. The Morgan fingerprint density at radius 2 is 2.17 bits per heavy atom. The number of hydrogen-bond acceptors (Lipinski definition) is 6. The van der Waals surface area contributed by atoms with Crippen LogP contribution >= 0.6 is 11.3 Å². The highest BCUT2D eigenvalue weighted by molar-refractivity contribution is 7.13.